The van der Waals surface area contributed by atoms with Gasteiger partial charge in [-0.1, -0.05) is 6.58 Å². The van der Waals surface area contributed by atoms with Crippen molar-refractivity contribution >= 4 is 17.6 Å². The molecule has 1 aromatic carbocycles. The second-order valence-electron chi connectivity index (χ2n) is 4.16. The van der Waals surface area contributed by atoms with Crippen molar-refractivity contribution in [3.8, 4) is 5.75 Å². The van der Waals surface area contributed by atoms with Gasteiger partial charge in [-0.2, -0.15) is 0 Å². The number of esters is 1. The molecule has 0 radical (unpaired) electrons. The number of methoxy groups -OCH3 is 1. The Hall–Kier alpha value is -2.30. The number of hydrogen-bond acceptors (Lipinski definition) is 4. The Labute approximate surface area is 111 Å². The minimum absolute atomic E-state index is 0.0136. The summed E-state index contributed by atoms with van der Waals surface area (Å²) >= 11 is 0. The van der Waals surface area contributed by atoms with Crippen molar-refractivity contribution in [2.24, 2.45) is 0 Å². The minimum atomic E-state index is -0.832. The van der Waals surface area contributed by atoms with Gasteiger partial charge in [-0.3, -0.25) is 4.79 Å². The van der Waals surface area contributed by atoms with Crippen molar-refractivity contribution in [1.29, 1.82) is 0 Å². The Balaban J connectivity index is 2.16. The minimum Gasteiger partial charge on any atom is -0.475 e. The summed E-state index contributed by atoms with van der Waals surface area (Å²) in [6.45, 7) is 3.54. The zero-order valence-electron chi connectivity index (χ0n) is 10.6. The number of aryl methyl sites for hydroxylation is 1. The first-order valence-electron chi connectivity index (χ1n) is 5.94. The van der Waals surface area contributed by atoms with Gasteiger partial charge in [-0.15, -0.1) is 0 Å². The van der Waals surface area contributed by atoms with Crippen LogP contribution in [-0.4, -0.2) is 25.1 Å². The lowest BCUT2D eigenvalue weighted by molar-refractivity contribution is -0.146. The fourth-order valence-electron chi connectivity index (χ4n) is 1.89. The summed E-state index contributed by atoms with van der Waals surface area (Å²) in [5.74, 6) is 0.0610. The SMILES string of the molecule is C=CC(Oc1ccc2c(c1)CCC(=O)N2)C(=O)OC. The quantitative estimate of drug-likeness (QED) is 0.661. The molecule has 0 saturated heterocycles. The van der Waals surface area contributed by atoms with E-state index in [9.17, 15) is 9.59 Å². The number of benzene rings is 1. The normalized spacial score (nSPS) is 14.9. The number of hydrogen-bond donors (Lipinski definition) is 1. The maximum atomic E-state index is 11.4. The van der Waals surface area contributed by atoms with E-state index >= 15 is 0 Å². The van der Waals surface area contributed by atoms with Gasteiger partial charge >= 0.3 is 5.97 Å². The molecule has 0 saturated carbocycles. The molecule has 0 aromatic heterocycles. The van der Waals surface area contributed by atoms with Crippen molar-refractivity contribution in [2.45, 2.75) is 18.9 Å². The molecule has 1 atom stereocenters. The van der Waals surface area contributed by atoms with Crippen LogP contribution >= 0.6 is 0 Å². The summed E-state index contributed by atoms with van der Waals surface area (Å²) in [4.78, 5) is 22.6. The average molecular weight is 261 g/mol. The van der Waals surface area contributed by atoms with E-state index < -0.39 is 12.1 Å². The van der Waals surface area contributed by atoms with Gasteiger partial charge in [0.25, 0.3) is 0 Å². The van der Waals surface area contributed by atoms with Gasteiger partial charge in [0.1, 0.15) is 5.75 Å². The molecule has 0 spiro atoms. The van der Waals surface area contributed by atoms with Crippen LogP contribution in [0.3, 0.4) is 0 Å². The summed E-state index contributed by atoms with van der Waals surface area (Å²) in [5, 5.41) is 2.78. The van der Waals surface area contributed by atoms with Gasteiger partial charge < -0.3 is 14.8 Å². The number of ether oxygens (including phenoxy) is 2. The van der Waals surface area contributed by atoms with E-state index in [1.807, 2.05) is 6.07 Å². The molecule has 1 aliphatic rings. The molecule has 0 fully saturated rings. The molecule has 0 bridgehead atoms. The van der Waals surface area contributed by atoms with Gasteiger partial charge in [0.15, 0.2) is 0 Å². The number of carbonyl (C=O) groups is 2. The molecule has 2 rings (SSSR count). The first-order valence-corrected chi connectivity index (χ1v) is 5.94. The zero-order chi connectivity index (χ0) is 13.8. The molecule has 1 aliphatic heterocycles. The van der Waals surface area contributed by atoms with Crippen LogP contribution in [0.2, 0.25) is 0 Å². The van der Waals surface area contributed by atoms with Crippen LogP contribution in [0.25, 0.3) is 0 Å². The molecule has 5 nitrogen and oxygen atoms in total. The molecule has 100 valence electrons. The number of rotatable bonds is 4. The maximum Gasteiger partial charge on any atom is 0.351 e. The van der Waals surface area contributed by atoms with Gasteiger partial charge in [0.05, 0.1) is 7.11 Å². The third-order valence-electron chi connectivity index (χ3n) is 2.88. The fourth-order valence-corrected chi connectivity index (χ4v) is 1.89. The van der Waals surface area contributed by atoms with Crippen LogP contribution in [-0.2, 0) is 20.7 Å². The van der Waals surface area contributed by atoms with Gasteiger partial charge in [-0.25, -0.2) is 4.79 Å². The molecule has 19 heavy (non-hydrogen) atoms. The molecule has 1 N–H and O–H groups in total. The molecule has 0 aliphatic carbocycles. The maximum absolute atomic E-state index is 11.4. The van der Waals surface area contributed by atoms with E-state index in [0.717, 1.165) is 11.3 Å². The van der Waals surface area contributed by atoms with Crippen molar-refractivity contribution in [1.82, 2.24) is 0 Å². The predicted molar refractivity (Wildman–Crippen MR) is 70.0 cm³/mol. The van der Waals surface area contributed by atoms with Crippen LogP contribution in [0, 0.1) is 0 Å². The van der Waals surface area contributed by atoms with E-state index in [-0.39, 0.29) is 5.91 Å². The Morgan fingerprint density at radius 1 is 1.47 bits per heavy atom. The number of nitrogens with one attached hydrogen (secondary N) is 1. The summed E-state index contributed by atoms with van der Waals surface area (Å²) in [7, 11) is 1.30. The highest BCUT2D eigenvalue weighted by Gasteiger charge is 2.19. The number of anilines is 1. The third kappa shape index (κ3) is 2.93. The highest BCUT2D eigenvalue weighted by molar-refractivity contribution is 5.94. The molecule has 1 unspecified atom stereocenters. The van der Waals surface area contributed by atoms with Crippen molar-refractivity contribution < 1.29 is 19.1 Å². The smallest absolute Gasteiger partial charge is 0.351 e. The molecule has 1 aromatic rings. The Morgan fingerprint density at radius 2 is 2.26 bits per heavy atom. The summed E-state index contributed by atoms with van der Waals surface area (Å²) < 4.78 is 10.1. The van der Waals surface area contributed by atoms with Gasteiger partial charge in [-0.05, 0) is 36.3 Å². The second kappa shape index (κ2) is 5.56. The first kappa shape index (κ1) is 13.1. The van der Waals surface area contributed by atoms with Crippen LogP contribution in [0.15, 0.2) is 30.9 Å². The van der Waals surface area contributed by atoms with E-state index in [1.165, 1.54) is 13.2 Å². The van der Waals surface area contributed by atoms with E-state index in [0.29, 0.717) is 18.6 Å². The molecule has 5 heteroatoms. The third-order valence-corrected chi connectivity index (χ3v) is 2.88. The largest absolute Gasteiger partial charge is 0.475 e. The lowest BCUT2D eigenvalue weighted by atomic mass is 10.0. The Morgan fingerprint density at radius 3 is 2.95 bits per heavy atom. The van der Waals surface area contributed by atoms with E-state index in [1.54, 1.807) is 12.1 Å². The van der Waals surface area contributed by atoms with Crippen molar-refractivity contribution in [2.75, 3.05) is 12.4 Å². The van der Waals surface area contributed by atoms with Crippen LogP contribution in [0.1, 0.15) is 12.0 Å². The van der Waals surface area contributed by atoms with Crippen molar-refractivity contribution in [3.05, 3.63) is 36.4 Å². The molecular formula is C14H15NO4. The fraction of sp³-hybridized carbons (Fsp3) is 0.286. The van der Waals surface area contributed by atoms with Crippen molar-refractivity contribution in [3.63, 3.8) is 0 Å². The van der Waals surface area contributed by atoms with Gasteiger partial charge in [0, 0.05) is 12.1 Å². The molecular weight excluding hydrogens is 246 g/mol. The number of fused-ring (bicyclic) bond motifs is 1. The predicted octanol–water partition coefficient (Wildman–Crippen LogP) is 1.68. The lowest BCUT2D eigenvalue weighted by Gasteiger charge is -2.19. The molecule has 1 amide bonds. The first-order chi connectivity index (χ1) is 9.13. The lowest BCUT2D eigenvalue weighted by Crippen LogP contribution is -2.26. The van der Waals surface area contributed by atoms with E-state index in [4.69, 9.17) is 4.74 Å². The number of amides is 1. The van der Waals surface area contributed by atoms with Crippen LogP contribution in [0.4, 0.5) is 5.69 Å². The van der Waals surface area contributed by atoms with Gasteiger partial charge in [0.2, 0.25) is 12.0 Å². The summed E-state index contributed by atoms with van der Waals surface area (Å²) in [6.07, 6.45) is 1.67. The summed E-state index contributed by atoms with van der Waals surface area (Å²) in [6, 6.07) is 5.28. The molecule has 1 heterocycles. The topological polar surface area (TPSA) is 64.6 Å². The monoisotopic (exact) mass is 261 g/mol. The zero-order valence-corrected chi connectivity index (χ0v) is 10.6. The average Bonchev–Trinajstić information content (AvgIpc) is 2.44. The Kier molecular flexibility index (Phi) is 3.85. The second-order valence-corrected chi connectivity index (χ2v) is 4.16. The summed E-state index contributed by atoms with van der Waals surface area (Å²) in [5.41, 5.74) is 1.78. The van der Waals surface area contributed by atoms with Crippen LogP contribution < -0.4 is 10.1 Å². The number of carbonyl (C=O) groups excluding carboxylic acids is 2. The standard InChI is InChI=1S/C14H15NO4/c1-3-12(14(17)18-2)19-10-5-6-11-9(8-10)4-7-13(16)15-11/h3,5-6,8,12H,1,4,7H2,2H3,(H,15,16). The van der Waals surface area contributed by atoms with E-state index in [2.05, 4.69) is 16.6 Å². The Bertz CT molecular complexity index is 524. The highest BCUT2D eigenvalue weighted by atomic mass is 16.6. The highest BCUT2D eigenvalue weighted by Crippen LogP contribution is 2.27. The van der Waals surface area contributed by atoms with Crippen LogP contribution in [0.5, 0.6) is 5.75 Å².